The van der Waals surface area contributed by atoms with Gasteiger partial charge in [-0.3, -0.25) is 0 Å². The van der Waals surface area contributed by atoms with E-state index >= 15 is 0 Å². The molecule has 4 nitrogen and oxygen atoms in total. The number of rotatable bonds is 6. The molecule has 0 heterocycles. The van der Waals surface area contributed by atoms with Crippen LogP contribution >= 0.6 is 0 Å². The van der Waals surface area contributed by atoms with Gasteiger partial charge in [0, 0.05) is 12.0 Å². The van der Waals surface area contributed by atoms with E-state index in [2.05, 4.69) is 10.5 Å². The van der Waals surface area contributed by atoms with Crippen LogP contribution in [0.2, 0.25) is 0 Å². The van der Waals surface area contributed by atoms with E-state index in [1.807, 2.05) is 13.8 Å². The van der Waals surface area contributed by atoms with E-state index in [1.54, 1.807) is 0 Å². The Labute approximate surface area is 111 Å². The van der Waals surface area contributed by atoms with Crippen molar-refractivity contribution in [2.24, 2.45) is 16.3 Å². The first-order chi connectivity index (χ1) is 8.88. The Morgan fingerprint density at radius 3 is 2.47 bits per heavy atom. The second-order valence-electron chi connectivity index (χ2n) is 5.00. The summed E-state index contributed by atoms with van der Waals surface area (Å²) in [6, 6.07) is 3.72. The summed E-state index contributed by atoms with van der Waals surface area (Å²) in [5.41, 5.74) is 4.98. The molecule has 1 aromatic carbocycles. The molecular weight excluding hydrogens is 252 g/mol. The van der Waals surface area contributed by atoms with Crippen molar-refractivity contribution in [3.63, 3.8) is 0 Å². The van der Waals surface area contributed by atoms with Gasteiger partial charge in [0.15, 0.2) is 0 Å². The Morgan fingerprint density at radius 2 is 1.95 bits per heavy atom. The third-order valence-corrected chi connectivity index (χ3v) is 3.04. The molecule has 0 atom stereocenters. The van der Waals surface area contributed by atoms with Gasteiger partial charge in [0.05, 0.1) is 0 Å². The van der Waals surface area contributed by atoms with E-state index in [0.29, 0.717) is 19.4 Å². The normalized spacial score (nSPS) is 12.5. The van der Waals surface area contributed by atoms with Crippen molar-refractivity contribution in [1.29, 1.82) is 0 Å². The van der Waals surface area contributed by atoms with Crippen molar-refractivity contribution < 1.29 is 14.0 Å². The number of amidine groups is 1. The van der Waals surface area contributed by atoms with Crippen molar-refractivity contribution in [3.05, 3.63) is 29.8 Å². The summed E-state index contributed by atoms with van der Waals surface area (Å²) in [7, 11) is 0. The molecule has 4 N–H and O–H groups in total. The molecule has 0 aliphatic heterocycles. The quantitative estimate of drug-likeness (QED) is 0.245. The van der Waals surface area contributed by atoms with Gasteiger partial charge >= 0.3 is 0 Å². The van der Waals surface area contributed by atoms with Crippen LogP contribution in [0.25, 0.3) is 0 Å². The number of benzene rings is 1. The lowest BCUT2D eigenvalue weighted by Gasteiger charge is -2.22. The molecule has 0 spiro atoms. The molecule has 0 aromatic heterocycles. The van der Waals surface area contributed by atoms with Gasteiger partial charge in [0.1, 0.15) is 23.2 Å². The first-order valence-electron chi connectivity index (χ1n) is 6.04. The standard InChI is InChI=1S/C13H19F2N3O/c1-13(2,12(16)18-19)7-4-8-17-11-9(14)5-3-6-10(11)15/h3,5-6,17,19H,4,7-8H2,1-2H3,(H2,16,18). The number of nitrogens with one attached hydrogen (secondary N) is 1. The van der Waals surface area contributed by atoms with Crippen LogP contribution < -0.4 is 11.1 Å². The third kappa shape index (κ3) is 4.08. The van der Waals surface area contributed by atoms with Crippen molar-refractivity contribution in [1.82, 2.24) is 0 Å². The summed E-state index contributed by atoms with van der Waals surface area (Å²) in [5.74, 6) is -1.09. The molecule has 0 amide bonds. The van der Waals surface area contributed by atoms with Gasteiger partial charge in [-0.1, -0.05) is 25.1 Å². The minimum Gasteiger partial charge on any atom is -0.409 e. The van der Waals surface area contributed by atoms with Gasteiger partial charge in [-0.05, 0) is 25.0 Å². The summed E-state index contributed by atoms with van der Waals surface area (Å²) in [5, 5.41) is 14.3. The zero-order valence-corrected chi connectivity index (χ0v) is 11.1. The summed E-state index contributed by atoms with van der Waals surface area (Å²) in [6.07, 6.45) is 1.27. The molecule has 0 aliphatic carbocycles. The fraction of sp³-hybridized carbons (Fsp3) is 0.462. The summed E-state index contributed by atoms with van der Waals surface area (Å²) in [6.45, 7) is 4.08. The molecule has 0 bridgehead atoms. The van der Waals surface area contributed by atoms with Gasteiger partial charge in [0.2, 0.25) is 0 Å². The predicted molar refractivity (Wildman–Crippen MR) is 71.3 cm³/mol. The zero-order valence-electron chi connectivity index (χ0n) is 11.1. The second-order valence-corrected chi connectivity index (χ2v) is 5.00. The highest BCUT2D eigenvalue weighted by Gasteiger charge is 2.22. The van der Waals surface area contributed by atoms with Crippen LogP contribution in [0, 0.1) is 17.0 Å². The second kappa shape index (κ2) is 6.36. The number of nitrogens with zero attached hydrogens (tertiary/aromatic N) is 1. The smallest absolute Gasteiger partial charge is 0.149 e. The Kier molecular flexibility index (Phi) is 5.09. The lowest BCUT2D eigenvalue weighted by molar-refractivity contribution is 0.305. The lowest BCUT2D eigenvalue weighted by Crippen LogP contribution is -2.32. The minimum absolute atomic E-state index is 0.121. The van der Waals surface area contributed by atoms with Crippen LogP contribution in [0.5, 0.6) is 0 Å². The highest BCUT2D eigenvalue weighted by Crippen LogP contribution is 2.23. The molecular formula is C13H19F2N3O. The number of anilines is 1. The van der Waals surface area contributed by atoms with E-state index < -0.39 is 17.0 Å². The lowest BCUT2D eigenvalue weighted by atomic mass is 9.86. The maximum atomic E-state index is 13.3. The van der Waals surface area contributed by atoms with Gasteiger partial charge in [-0.25, -0.2) is 8.78 Å². The first-order valence-corrected chi connectivity index (χ1v) is 6.04. The number of nitrogens with two attached hydrogens (primary N) is 1. The van der Waals surface area contributed by atoms with Gasteiger partial charge < -0.3 is 16.3 Å². The van der Waals surface area contributed by atoms with E-state index in [-0.39, 0.29) is 11.5 Å². The van der Waals surface area contributed by atoms with Crippen LogP contribution in [-0.2, 0) is 0 Å². The van der Waals surface area contributed by atoms with E-state index in [1.165, 1.54) is 18.2 Å². The molecule has 6 heteroatoms. The molecule has 0 aliphatic rings. The van der Waals surface area contributed by atoms with E-state index in [4.69, 9.17) is 10.9 Å². The maximum Gasteiger partial charge on any atom is 0.149 e. The van der Waals surface area contributed by atoms with Gasteiger partial charge in [0.25, 0.3) is 0 Å². The highest BCUT2D eigenvalue weighted by atomic mass is 19.1. The SMILES string of the molecule is CC(C)(CCCNc1c(F)cccc1F)C(N)=NO. The monoisotopic (exact) mass is 271 g/mol. The van der Waals surface area contributed by atoms with Crippen molar-refractivity contribution in [2.45, 2.75) is 26.7 Å². The average Bonchev–Trinajstić information content (AvgIpc) is 2.36. The molecule has 0 saturated carbocycles. The summed E-state index contributed by atoms with van der Waals surface area (Å²) < 4.78 is 26.6. The first kappa shape index (κ1) is 15.2. The average molecular weight is 271 g/mol. The molecule has 1 aromatic rings. The summed E-state index contributed by atoms with van der Waals surface area (Å²) >= 11 is 0. The molecule has 1 rings (SSSR count). The fourth-order valence-corrected chi connectivity index (χ4v) is 1.67. The molecule has 0 saturated heterocycles. The van der Waals surface area contributed by atoms with Crippen molar-refractivity contribution in [2.75, 3.05) is 11.9 Å². The zero-order chi connectivity index (χ0) is 14.5. The van der Waals surface area contributed by atoms with Gasteiger partial charge in [-0.15, -0.1) is 0 Å². The highest BCUT2D eigenvalue weighted by molar-refractivity contribution is 5.85. The third-order valence-electron chi connectivity index (χ3n) is 3.04. The van der Waals surface area contributed by atoms with Crippen molar-refractivity contribution in [3.8, 4) is 0 Å². The van der Waals surface area contributed by atoms with Crippen LogP contribution in [0.4, 0.5) is 14.5 Å². The van der Waals surface area contributed by atoms with Crippen LogP contribution in [-0.4, -0.2) is 17.6 Å². The molecule has 19 heavy (non-hydrogen) atoms. The Morgan fingerprint density at radius 1 is 1.37 bits per heavy atom. The number of para-hydroxylation sites is 1. The number of hydrogen-bond donors (Lipinski definition) is 3. The van der Waals surface area contributed by atoms with Crippen LogP contribution in [0.15, 0.2) is 23.4 Å². The fourth-order valence-electron chi connectivity index (χ4n) is 1.67. The maximum absolute atomic E-state index is 13.3. The van der Waals surface area contributed by atoms with E-state index in [0.717, 1.165) is 0 Å². The van der Waals surface area contributed by atoms with Gasteiger partial charge in [-0.2, -0.15) is 0 Å². The van der Waals surface area contributed by atoms with Crippen LogP contribution in [0.3, 0.4) is 0 Å². The molecule has 106 valence electrons. The number of halogens is 2. The van der Waals surface area contributed by atoms with E-state index in [9.17, 15) is 8.78 Å². The Balaban J connectivity index is 2.48. The predicted octanol–water partition coefficient (Wildman–Crippen LogP) is 2.93. The minimum atomic E-state index is -0.615. The van der Waals surface area contributed by atoms with Crippen molar-refractivity contribution >= 4 is 11.5 Å². The molecule has 0 fully saturated rings. The molecule has 0 unspecified atom stereocenters. The topological polar surface area (TPSA) is 70.6 Å². The largest absolute Gasteiger partial charge is 0.409 e. The Hall–Kier alpha value is -1.85. The van der Waals surface area contributed by atoms with Crippen LogP contribution in [0.1, 0.15) is 26.7 Å². The number of hydrogen-bond acceptors (Lipinski definition) is 3. The molecule has 0 radical (unpaired) electrons. The number of oxime groups is 1. The Bertz CT molecular complexity index is 441. The summed E-state index contributed by atoms with van der Waals surface area (Å²) in [4.78, 5) is 0.